The second-order valence-corrected chi connectivity index (χ2v) is 6.49. The second kappa shape index (κ2) is 6.52. The number of carbonyl (C=O) groups excluding carboxylic acids is 1. The van der Waals surface area contributed by atoms with Gasteiger partial charge in [0, 0.05) is 17.8 Å². The molecule has 3 heterocycles. The number of pyridine rings is 1. The van der Waals surface area contributed by atoms with Crippen molar-refractivity contribution in [1.82, 2.24) is 14.7 Å². The van der Waals surface area contributed by atoms with E-state index in [9.17, 15) is 4.79 Å². The van der Waals surface area contributed by atoms with E-state index in [1.54, 1.807) is 6.26 Å². The van der Waals surface area contributed by atoms with Gasteiger partial charge in [-0.1, -0.05) is 36.4 Å². The fraction of sp³-hybridized carbons (Fsp3) is 0.143. The van der Waals surface area contributed by atoms with Crippen molar-refractivity contribution >= 4 is 11.4 Å². The van der Waals surface area contributed by atoms with Crippen LogP contribution < -0.4 is 5.32 Å². The van der Waals surface area contributed by atoms with E-state index in [0.29, 0.717) is 11.3 Å². The van der Waals surface area contributed by atoms with E-state index < -0.39 is 0 Å². The predicted octanol–water partition coefficient (Wildman–Crippen LogP) is 4.40. The number of rotatable bonds is 4. The molecule has 1 amide bonds. The number of amides is 1. The van der Waals surface area contributed by atoms with Crippen LogP contribution in [0.5, 0.6) is 0 Å². The maximum absolute atomic E-state index is 12.7. The fourth-order valence-corrected chi connectivity index (χ4v) is 3.07. The van der Waals surface area contributed by atoms with Gasteiger partial charge in [-0.25, -0.2) is 4.98 Å². The lowest BCUT2D eigenvalue weighted by Gasteiger charge is -2.09. The minimum absolute atomic E-state index is 0.0514. The van der Waals surface area contributed by atoms with Crippen LogP contribution in [0.4, 0.5) is 0 Å². The number of benzene rings is 1. The molecule has 0 radical (unpaired) electrons. The van der Waals surface area contributed by atoms with Crippen LogP contribution in [-0.4, -0.2) is 21.3 Å². The zero-order valence-corrected chi connectivity index (χ0v) is 14.6. The topological polar surface area (TPSA) is 59.5 Å². The van der Waals surface area contributed by atoms with Gasteiger partial charge < -0.3 is 14.1 Å². The second-order valence-electron chi connectivity index (χ2n) is 6.49. The summed E-state index contributed by atoms with van der Waals surface area (Å²) >= 11 is 0. The minimum atomic E-state index is -0.122. The molecule has 0 spiro atoms. The molecule has 1 N–H and O–H groups in total. The lowest BCUT2D eigenvalue weighted by molar-refractivity contribution is 0.0944. The van der Waals surface area contributed by atoms with Crippen molar-refractivity contribution in [2.45, 2.75) is 19.9 Å². The van der Waals surface area contributed by atoms with Crippen LogP contribution >= 0.6 is 0 Å². The quantitative estimate of drug-likeness (QED) is 0.596. The molecule has 5 heteroatoms. The van der Waals surface area contributed by atoms with Crippen molar-refractivity contribution in [2.75, 3.05) is 0 Å². The Balaban J connectivity index is 1.92. The summed E-state index contributed by atoms with van der Waals surface area (Å²) in [4.78, 5) is 17.0. The van der Waals surface area contributed by atoms with Gasteiger partial charge in [0.2, 0.25) is 0 Å². The number of aromatic nitrogens is 2. The number of fused-ring (bicyclic) bond motifs is 1. The van der Waals surface area contributed by atoms with E-state index in [0.717, 1.165) is 22.3 Å². The maximum Gasteiger partial charge on any atom is 0.253 e. The zero-order valence-electron chi connectivity index (χ0n) is 14.6. The predicted molar refractivity (Wildman–Crippen MR) is 101 cm³/mol. The minimum Gasteiger partial charge on any atom is -0.451 e. The van der Waals surface area contributed by atoms with Gasteiger partial charge in [-0.3, -0.25) is 4.79 Å². The SMILES string of the molecule is CC(C)NC(=O)c1cc2ccc(-c3ccccc3)cn2c1-c1cocn1. The summed E-state index contributed by atoms with van der Waals surface area (Å²) in [5.74, 6) is -0.122. The monoisotopic (exact) mass is 345 g/mol. The molecule has 26 heavy (non-hydrogen) atoms. The first kappa shape index (κ1) is 16.1. The van der Waals surface area contributed by atoms with Crippen LogP contribution in [0.25, 0.3) is 28.0 Å². The fourth-order valence-electron chi connectivity index (χ4n) is 3.07. The van der Waals surface area contributed by atoms with E-state index in [4.69, 9.17) is 4.42 Å². The highest BCUT2D eigenvalue weighted by atomic mass is 16.3. The van der Waals surface area contributed by atoms with Crippen molar-refractivity contribution in [3.05, 3.63) is 72.9 Å². The van der Waals surface area contributed by atoms with Gasteiger partial charge in [0.1, 0.15) is 12.0 Å². The Labute approximate surface area is 151 Å². The average molecular weight is 345 g/mol. The number of hydrogen-bond donors (Lipinski definition) is 1. The van der Waals surface area contributed by atoms with E-state index in [2.05, 4.69) is 28.5 Å². The third-order valence-electron chi connectivity index (χ3n) is 4.21. The molecular weight excluding hydrogens is 326 g/mol. The Morgan fingerprint density at radius 1 is 1.12 bits per heavy atom. The van der Waals surface area contributed by atoms with Crippen molar-refractivity contribution < 1.29 is 9.21 Å². The van der Waals surface area contributed by atoms with Crippen LogP contribution in [0, 0.1) is 0 Å². The molecule has 0 aliphatic rings. The van der Waals surface area contributed by atoms with Crippen LogP contribution in [-0.2, 0) is 0 Å². The van der Waals surface area contributed by atoms with Gasteiger partial charge in [0.05, 0.1) is 11.3 Å². The standard InChI is InChI=1S/C21H19N3O2/c1-14(2)23-21(25)18-10-17-9-8-16(15-6-4-3-5-7-15)11-24(17)20(18)19-12-26-13-22-19/h3-14H,1-2H3,(H,23,25). The van der Waals surface area contributed by atoms with Gasteiger partial charge in [0.15, 0.2) is 6.39 Å². The average Bonchev–Trinajstić information content (AvgIpc) is 3.28. The first-order valence-electron chi connectivity index (χ1n) is 8.53. The first-order chi connectivity index (χ1) is 12.6. The lowest BCUT2D eigenvalue weighted by Crippen LogP contribution is -2.30. The molecule has 0 saturated carbocycles. The molecule has 4 rings (SSSR count). The van der Waals surface area contributed by atoms with Crippen LogP contribution in [0.2, 0.25) is 0 Å². The highest BCUT2D eigenvalue weighted by Gasteiger charge is 2.21. The van der Waals surface area contributed by atoms with E-state index in [-0.39, 0.29) is 11.9 Å². The molecule has 0 saturated heterocycles. The Morgan fingerprint density at radius 2 is 1.92 bits per heavy atom. The summed E-state index contributed by atoms with van der Waals surface area (Å²) < 4.78 is 7.16. The Morgan fingerprint density at radius 3 is 2.62 bits per heavy atom. The van der Waals surface area contributed by atoms with Crippen LogP contribution in [0.3, 0.4) is 0 Å². The molecule has 0 unspecified atom stereocenters. The summed E-state index contributed by atoms with van der Waals surface area (Å²) in [7, 11) is 0. The third kappa shape index (κ3) is 2.88. The molecular formula is C21H19N3O2. The van der Waals surface area contributed by atoms with Gasteiger partial charge in [-0.2, -0.15) is 0 Å². The van der Waals surface area contributed by atoms with E-state index in [1.807, 2.05) is 54.8 Å². The number of nitrogens with zero attached hydrogens (tertiary/aromatic N) is 2. The number of nitrogens with one attached hydrogen (secondary N) is 1. The molecule has 1 aromatic carbocycles. The molecule has 3 aromatic heterocycles. The largest absolute Gasteiger partial charge is 0.451 e. The van der Waals surface area contributed by atoms with Crippen molar-refractivity contribution in [3.63, 3.8) is 0 Å². The normalized spacial score (nSPS) is 11.2. The van der Waals surface area contributed by atoms with Crippen LogP contribution in [0.1, 0.15) is 24.2 Å². The van der Waals surface area contributed by atoms with Gasteiger partial charge in [0.25, 0.3) is 5.91 Å². The summed E-state index contributed by atoms with van der Waals surface area (Å²) in [5.41, 5.74) is 5.04. The number of hydrogen-bond acceptors (Lipinski definition) is 3. The van der Waals surface area contributed by atoms with E-state index in [1.165, 1.54) is 6.39 Å². The number of carbonyl (C=O) groups is 1. The van der Waals surface area contributed by atoms with Crippen molar-refractivity contribution in [3.8, 4) is 22.5 Å². The molecule has 0 bridgehead atoms. The van der Waals surface area contributed by atoms with E-state index >= 15 is 0 Å². The molecule has 5 nitrogen and oxygen atoms in total. The Bertz CT molecular complexity index is 1050. The molecule has 0 aliphatic carbocycles. The summed E-state index contributed by atoms with van der Waals surface area (Å²) in [6.07, 6.45) is 4.96. The highest BCUT2D eigenvalue weighted by molar-refractivity contribution is 6.02. The summed E-state index contributed by atoms with van der Waals surface area (Å²) in [6.45, 7) is 3.88. The molecule has 0 aliphatic heterocycles. The summed E-state index contributed by atoms with van der Waals surface area (Å²) in [6, 6.07) is 16.1. The molecule has 0 atom stereocenters. The molecule has 4 aromatic rings. The lowest BCUT2D eigenvalue weighted by atomic mass is 10.1. The highest BCUT2D eigenvalue weighted by Crippen LogP contribution is 2.29. The first-order valence-corrected chi connectivity index (χ1v) is 8.53. The number of oxazole rings is 1. The van der Waals surface area contributed by atoms with Crippen LogP contribution in [0.15, 0.2) is 71.8 Å². The molecule has 0 fully saturated rings. The Kier molecular flexibility index (Phi) is 4.05. The van der Waals surface area contributed by atoms with Crippen molar-refractivity contribution in [1.29, 1.82) is 0 Å². The third-order valence-corrected chi connectivity index (χ3v) is 4.21. The van der Waals surface area contributed by atoms with Gasteiger partial charge in [-0.15, -0.1) is 0 Å². The smallest absolute Gasteiger partial charge is 0.253 e. The zero-order chi connectivity index (χ0) is 18.1. The van der Waals surface area contributed by atoms with Gasteiger partial charge in [-0.05, 0) is 37.1 Å². The van der Waals surface area contributed by atoms with Gasteiger partial charge >= 0.3 is 0 Å². The van der Waals surface area contributed by atoms with Crippen molar-refractivity contribution in [2.24, 2.45) is 0 Å². The maximum atomic E-state index is 12.7. The Hall–Kier alpha value is -3.34. The summed E-state index contributed by atoms with van der Waals surface area (Å²) in [5, 5.41) is 2.96. The molecule has 130 valence electrons.